The second kappa shape index (κ2) is 9.30. The Labute approximate surface area is 194 Å². The lowest BCUT2D eigenvalue weighted by Crippen LogP contribution is -2.37. The predicted octanol–water partition coefficient (Wildman–Crippen LogP) is 5.16. The van der Waals surface area contributed by atoms with Crippen LogP contribution in [0.1, 0.15) is 62.3 Å². The number of aryl methyl sites for hydroxylation is 1. The lowest BCUT2D eigenvalue weighted by molar-refractivity contribution is -0.141. The number of nitrogens with zero attached hydrogens (tertiary/aromatic N) is 1. The maximum Gasteiger partial charge on any atom is 0.295 e. The van der Waals surface area contributed by atoms with Crippen molar-refractivity contribution < 1.29 is 24.2 Å². The van der Waals surface area contributed by atoms with Gasteiger partial charge in [-0.1, -0.05) is 25.0 Å². The van der Waals surface area contributed by atoms with E-state index in [2.05, 4.69) is 0 Å². The summed E-state index contributed by atoms with van der Waals surface area (Å²) in [4.78, 5) is 28.1. The van der Waals surface area contributed by atoms with Crippen molar-refractivity contribution in [3.8, 4) is 11.5 Å². The molecule has 0 radical (unpaired) electrons. The van der Waals surface area contributed by atoms with Gasteiger partial charge >= 0.3 is 0 Å². The van der Waals surface area contributed by atoms with Crippen molar-refractivity contribution >= 4 is 17.4 Å². The summed E-state index contributed by atoms with van der Waals surface area (Å²) >= 11 is 0. The van der Waals surface area contributed by atoms with Crippen LogP contribution in [0.3, 0.4) is 0 Å². The largest absolute Gasteiger partial charge is 0.507 e. The Kier molecular flexibility index (Phi) is 6.45. The highest BCUT2D eigenvalue weighted by Gasteiger charge is 2.49. The zero-order valence-electron chi connectivity index (χ0n) is 19.6. The van der Waals surface area contributed by atoms with E-state index in [1.165, 1.54) is 0 Å². The van der Waals surface area contributed by atoms with E-state index in [-0.39, 0.29) is 23.5 Å². The smallest absolute Gasteiger partial charge is 0.295 e. The minimum absolute atomic E-state index is 0.0130. The van der Waals surface area contributed by atoms with E-state index in [4.69, 9.17) is 9.47 Å². The van der Waals surface area contributed by atoms with Crippen LogP contribution in [0.4, 0.5) is 0 Å². The van der Waals surface area contributed by atoms with Crippen molar-refractivity contribution in [3.63, 3.8) is 0 Å². The van der Waals surface area contributed by atoms with Crippen LogP contribution in [0.25, 0.3) is 5.76 Å². The number of methoxy groups -OCH3 is 1. The molecule has 174 valence electrons. The lowest BCUT2D eigenvalue weighted by atomic mass is 9.94. The minimum Gasteiger partial charge on any atom is -0.507 e. The fraction of sp³-hybridized carbons (Fsp3) is 0.407. The Balaban J connectivity index is 1.82. The number of benzene rings is 2. The van der Waals surface area contributed by atoms with E-state index in [9.17, 15) is 14.7 Å². The summed E-state index contributed by atoms with van der Waals surface area (Å²) < 4.78 is 11.1. The van der Waals surface area contributed by atoms with Gasteiger partial charge in [-0.15, -0.1) is 0 Å². The number of ketones is 1. The zero-order chi connectivity index (χ0) is 23.7. The highest BCUT2D eigenvalue weighted by Crippen LogP contribution is 2.44. The molecule has 1 saturated heterocycles. The third-order valence-electron chi connectivity index (χ3n) is 6.43. The van der Waals surface area contributed by atoms with E-state index >= 15 is 0 Å². The van der Waals surface area contributed by atoms with Crippen LogP contribution in [0.2, 0.25) is 0 Å². The molecule has 1 amide bonds. The number of likely N-dealkylation sites (tertiary alicyclic amines) is 1. The van der Waals surface area contributed by atoms with Gasteiger partial charge < -0.3 is 19.5 Å². The van der Waals surface area contributed by atoms with Gasteiger partial charge in [-0.3, -0.25) is 9.59 Å². The summed E-state index contributed by atoms with van der Waals surface area (Å²) in [5.41, 5.74) is 2.23. The number of amides is 1. The summed E-state index contributed by atoms with van der Waals surface area (Å²) in [6.07, 6.45) is 3.82. The van der Waals surface area contributed by atoms with Gasteiger partial charge in [0.1, 0.15) is 17.3 Å². The molecule has 33 heavy (non-hydrogen) atoms. The van der Waals surface area contributed by atoms with Gasteiger partial charge in [0.25, 0.3) is 11.7 Å². The number of hydrogen-bond acceptors (Lipinski definition) is 5. The topological polar surface area (TPSA) is 76.1 Å². The molecule has 1 aliphatic heterocycles. The molecule has 1 heterocycles. The average molecular weight is 450 g/mol. The number of aliphatic hydroxyl groups excluding tert-OH is 1. The lowest BCUT2D eigenvalue weighted by Gasteiger charge is -2.31. The Bertz CT molecular complexity index is 1080. The van der Waals surface area contributed by atoms with E-state index in [1.54, 1.807) is 30.2 Å². The first-order valence-electron chi connectivity index (χ1n) is 11.5. The first-order valence-corrected chi connectivity index (χ1v) is 11.5. The molecule has 6 nitrogen and oxygen atoms in total. The number of rotatable bonds is 6. The summed E-state index contributed by atoms with van der Waals surface area (Å²) in [5, 5.41) is 11.3. The van der Waals surface area contributed by atoms with Gasteiger partial charge in [0, 0.05) is 11.6 Å². The highest BCUT2D eigenvalue weighted by molar-refractivity contribution is 6.46. The van der Waals surface area contributed by atoms with Crippen LogP contribution in [0.5, 0.6) is 11.5 Å². The summed E-state index contributed by atoms with van der Waals surface area (Å²) in [6.45, 7) is 5.79. The second-order valence-corrected chi connectivity index (χ2v) is 9.06. The molecule has 1 unspecified atom stereocenters. The normalized spacial score (nSPS) is 20.6. The van der Waals surface area contributed by atoms with Crippen LogP contribution in [-0.4, -0.2) is 41.0 Å². The molecule has 1 N–H and O–H groups in total. The molecular weight excluding hydrogens is 418 g/mol. The quantitative estimate of drug-likeness (QED) is 0.375. The van der Waals surface area contributed by atoms with Crippen LogP contribution < -0.4 is 9.47 Å². The number of carbonyl (C=O) groups excluding carboxylic acids is 2. The third kappa shape index (κ3) is 4.34. The van der Waals surface area contributed by atoms with Gasteiger partial charge in [-0.05, 0) is 75.1 Å². The number of carbonyl (C=O) groups is 2. The average Bonchev–Trinajstić information content (AvgIpc) is 3.40. The van der Waals surface area contributed by atoms with Crippen LogP contribution >= 0.6 is 0 Å². The molecule has 2 aliphatic rings. The predicted molar refractivity (Wildman–Crippen MR) is 126 cm³/mol. The monoisotopic (exact) mass is 449 g/mol. The second-order valence-electron chi connectivity index (χ2n) is 9.06. The number of Topliss-reactive ketones (excluding diaryl/α,β-unsaturated/α-hetero) is 1. The first-order chi connectivity index (χ1) is 15.8. The number of ether oxygens (including phenoxy) is 2. The van der Waals surface area contributed by atoms with Crippen molar-refractivity contribution in [2.75, 3.05) is 7.11 Å². The van der Waals surface area contributed by atoms with Gasteiger partial charge in [0.05, 0.1) is 24.8 Å². The molecule has 0 spiro atoms. The van der Waals surface area contributed by atoms with E-state index in [1.807, 2.05) is 45.0 Å². The molecule has 6 heteroatoms. The maximum atomic E-state index is 13.2. The fourth-order valence-electron chi connectivity index (χ4n) is 4.92. The summed E-state index contributed by atoms with van der Waals surface area (Å²) in [5.74, 6) is 0.0706. The number of aliphatic hydroxyl groups is 1. The molecule has 1 atom stereocenters. The summed E-state index contributed by atoms with van der Waals surface area (Å²) in [7, 11) is 1.58. The first kappa shape index (κ1) is 22.9. The zero-order valence-corrected chi connectivity index (χ0v) is 19.6. The third-order valence-corrected chi connectivity index (χ3v) is 6.43. The standard InChI is InChI=1S/C27H31NO5/c1-16(2)33-21-12-9-18(10-13-21)24-23(25(29)19-11-14-22(32-4)17(3)15-19)26(30)27(31)28(24)20-7-5-6-8-20/h9-16,20,24,29H,5-8H2,1-4H3/b25-23-. The Morgan fingerprint density at radius 1 is 1.06 bits per heavy atom. The van der Waals surface area contributed by atoms with Crippen LogP contribution in [-0.2, 0) is 9.59 Å². The molecule has 0 aromatic heterocycles. The van der Waals surface area contributed by atoms with Crippen LogP contribution in [0.15, 0.2) is 48.0 Å². The van der Waals surface area contributed by atoms with Gasteiger partial charge in [-0.25, -0.2) is 0 Å². The highest BCUT2D eigenvalue weighted by atomic mass is 16.5. The van der Waals surface area contributed by atoms with Crippen molar-refractivity contribution in [1.29, 1.82) is 0 Å². The number of hydrogen-bond donors (Lipinski definition) is 1. The fourth-order valence-corrected chi connectivity index (χ4v) is 4.92. The molecule has 2 aromatic rings. The molecule has 0 bridgehead atoms. The Morgan fingerprint density at radius 3 is 2.30 bits per heavy atom. The molecule has 4 rings (SSSR count). The Hall–Kier alpha value is -3.28. The van der Waals surface area contributed by atoms with Gasteiger partial charge in [-0.2, -0.15) is 0 Å². The maximum absolute atomic E-state index is 13.2. The molecule has 1 aliphatic carbocycles. The van der Waals surface area contributed by atoms with Crippen molar-refractivity contribution in [2.24, 2.45) is 0 Å². The van der Waals surface area contributed by atoms with Gasteiger partial charge in [0.15, 0.2) is 0 Å². The van der Waals surface area contributed by atoms with Crippen LogP contribution in [0, 0.1) is 6.92 Å². The molecular formula is C27H31NO5. The SMILES string of the molecule is COc1ccc(/C(O)=C2/C(=O)C(=O)N(C3CCCC3)C2c2ccc(OC(C)C)cc2)cc1C. The molecule has 2 fully saturated rings. The van der Waals surface area contributed by atoms with Crippen molar-refractivity contribution in [3.05, 3.63) is 64.7 Å². The molecule has 2 aromatic carbocycles. The van der Waals surface area contributed by atoms with E-state index in [0.29, 0.717) is 11.3 Å². The van der Waals surface area contributed by atoms with Crippen molar-refractivity contribution in [1.82, 2.24) is 4.90 Å². The minimum atomic E-state index is -0.639. The van der Waals surface area contributed by atoms with Crippen molar-refractivity contribution in [2.45, 2.75) is 64.6 Å². The summed E-state index contributed by atoms with van der Waals surface area (Å²) in [6, 6.07) is 12.0. The van der Waals surface area contributed by atoms with E-state index in [0.717, 1.165) is 42.6 Å². The van der Waals surface area contributed by atoms with Gasteiger partial charge in [0.2, 0.25) is 0 Å². The molecule has 1 saturated carbocycles. The van der Waals surface area contributed by atoms with E-state index < -0.39 is 17.7 Å². The Morgan fingerprint density at radius 2 is 1.73 bits per heavy atom.